The Morgan fingerprint density at radius 2 is 1.00 bits per heavy atom. The lowest BCUT2D eigenvalue weighted by Crippen LogP contribution is -2.00. The third kappa shape index (κ3) is 3.30. The summed E-state index contributed by atoms with van der Waals surface area (Å²) in [7, 11) is 0. The molecule has 0 N–H and O–H groups in total. The lowest BCUT2D eigenvalue weighted by molar-refractivity contribution is 1.50. The molecule has 1 aliphatic rings. The van der Waals surface area contributed by atoms with Crippen LogP contribution in [0.3, 0.4) is 0 Å². The van der Waals surface area contributed by atoms with E-state index in [1.54, 1.807) is 0 Å². The van der Waals surface area contributed by atoms with Gasteiger partial charge >= 0.3 is 0 Å². The Bertz CT molecular complexity index is 1220. The largest absolute Gasteiger partial charge is 0.248 e. The van der Waals surface area contributed by atoms with Gasteiger partial charge in [0.05, 0.1) is 11.4 Å². The van der Waals surface area contributed by atoms with Gasteiger partial charge in [-0.3, -0.25) is 0 Å². The molecule has 0 aromatic heterocycles. The maximum Gasteiger partial charge on any atom is 0.0800 e. The zero-order valence-electron chi connectivity index (χ0n) is 15.7. The number of halogens is 1. The molecule has 0 radical (unpaired) electrons. The quantitative estimate of drug-likeness (QED) is 0.344. The monoisotopic (exact) mass is 391 g/mol. The second-order valence-corrected chi connectivity index (χ2v) is 7.40. The Balaban J connectivity index is 1.83. The molecule has 0 heterocycles. The van der Waals surface area contributed by atoms with E-state index in [2.05, 4.69) is 78.9 Å². The summed E-state index contributed by atoms with van der Waals surface area (Å²) in [5, 5.41) is 0.713. The molecule has 4 aromatic rings. The molecule has 0 atom stereocenters. The van der Waals surface area contributed by atoms with Gasteiger partial charge in [-0.1, -0.05) is 96.5 Å². The molecule has 2 heteroatoms. The first-order chi connectivity index (χ1) is 14.3. The summed E-state index contributed by atoms with van der Waals surface area (Å²) in [6, 6.07) is 37.3. The summed E-state index contributed by atoms with van der Waals surface area (Å²) in [4.78, 5) is 5.07. The van der Waals surface area contributed by atoms with E-state index in [-0.39, 0.29) is 0 Å². The van der Waals surface area contributed by atoms with E-state index in [1.807, 2.05) is 30.3 Å². The van der Waals surface area contributed by atoms with Crippen molar-refractivity contribution in [3.63, 3.8) is 0 Å². The highest BCUT2D eigenvalue weighted by molar-refractivity contribution is 6.44. The van der Waals surface area contributed by atoms with Crippen molar-refractivity contribution in [2.75, 3.05) is 0 Å². The molecule has 0 saturated heterocycles. The highest BCUT2D eigenvalue weighted by Gasteiger charge is 2.29. The van der Waals surface area contributed by atoms with Gasteiger partial charge < -0.3 is 0 Å². The predicted octanol–water partition coefficient (Wildman–Crippen LogP) is 7.43. The maximum atomic E-state index is 6.08. The normalized spacial score (nSPS) is 14.3. The number of hydrogen-bond donors (Lipinski definition) is 0. The Labute approximate surface area is 175 Å². The third-order valence-electron chi connectivity index (χ3n) is 5.13. The van der Waals surface area contributed by atoms with Crippen molar-refractivity contribution in [2.45, 2.75) is 0 Å². The minimum absolute atomic E-state index is 0.713. The van der Waals surface area contributed by atoms with Gasteiger partial charge in [0.2, 0.25) is 0 Å². The number of nitrogens with zero attached hydrogens (tertiary/aromatic N) is 1. The highest BCUT2D eigenvalue weighted by atomic mass is 35.5. The van der Waals surface area contributed by atoms with Crippen molar-refractivity contribution < 1.29 is 0 Å². The number of rotatable bonds is 3. The molecule has 0 unspecified atom stereocenters. The van der Waals surface area contributed by atoms with Crippen LogP contribution >= 0.6 is 11.6 Å². The van der Waals surface area contributed by atoms with Crippen molar-refractivity contribution >= 4 is 34.1 Å². The summed E-state index contributed by atoms with van der Waals surface area (Å²) in [6.07, 6.45) is 0. The molecule has 0 amide bonds. The van der Waals surface area contributed by atoms with Crippen molar-refractivity contribution in [3.05, 3.63) is 136 Å². The van der Waals surface area contributed by atoms with Gasteiger partial charge in [0.1, 0.15) is 0 Å². The van der Waals surface area contributed by atoms with E-state index in [4.69, 9.17) is 16.6 Å². The number of benzene rings is 4. The maximum absolute atomic E-state index is 6.08. The number of allylic oxidation sites excluding steroid dienone is 1. The van der Waals surface area contributed by atoms with Crippen molar-refractivity contribution in [2.24, 2.45) is 4.99 Å². The molecule has 0 fully saturated rings. The molecule has 29 heavy (non-hydrogen) atoms. The summed E-state index contributed by atoms with van der Waals surface area (Å²) < 4.78 is 0. The van der Waals surface area contributed by atoms with Gasteiger partial charge in [-0.05, 0) is 46.5 Å². The molecule has 0 aliphatic heterocycles. The molecule has 5 rings (SSSR count). The van der Waals surface area contributed by atoms with E-state index in [1.165, 1.54) is 16.7 Å². The van der Waals surface area contributed by atoms with Crippen LogP contribution < -0.4 is 0 Å². The SMILES string of the molecule is Clc1ccc(N=C2C(c3ccccc3)=C(c3ccccc3)c3ccccc32)cc1. The van der Waals surface area contributed by atoms with Gasteiger partial charge in [0, 0.05) is 16.2 Å². The Morgan fingerprint density at radius 1 is 0.483 bits per heavy atom. The molecule has 4 aromatic carbocycles. The highest BCUT2D eigenvalue weighted by Crippen LogP contribution is 2.43. The first-order valence-electron chi connectivity index (χ1n) is 9.61. The fourth-order valence-electron chi connectivity index (χ4n) is 3.85. The molecule has 0 bridgehead atoms. The minimum Gasteiger partial charge on any atom is -0.248 e. The van der Waals surface area contributed by atoms with Gasteiger partial charge in [-0.15, -0.1) is 0 Å². The summed E-state index contributed by atoms with van der Waals surface area (Å²) in [5.74, 6) is 0. The van der Waals surface area contributed by atoms with Gasteiger partial charge in [0.25, 0.3) is 0 Å². The number of fused-ring (bicyclic) bond motifs is 1. The molecule has 1 aliphatic carbocycles. The summed E-state index contributed by atoms with van der Waals surface area (Å²) >= 11 is 6.08. The molecule has 0 spiro atoms. The lowest BCUT2D eigenvalue weighted by atomic mass is 9.94. The van der Waals surface area contributed by atoms with Crippen molar-refractivity contribution in [1.29, 1.82) is 0 Å². The first kappa shape index (κ1) is 17.7. The lowest BCUT2D eigenvalue weighted by Gasteiger charge is -2.10. The van der Waals surface area contributed by atoms with Crippen LogP contribution in [0, 0.1) is 0 Å². The Kier molecular flexibility index (Phi) is 4.59. The van der Waals surface area contributed by atoms with Crippen LogP contribution in [0.5, 0.6) is 0 Å². The standard InChI is InChI=1S/C27H18ClN/c28-21-15-17-22(18-16-21)29-27-24-14-8-7-13-23(24)25(19-9-3-1-4-10-19)26(27)20-11-5-2-6-12-20/h1-18H. The molecule has 0 saturated carbocycles. The van der Waals surface area contributed by atoms with Crippen LogP contribution in [0.4, 0.5) is 5.69 Å². The van der Waals surface area contributed by atoms with Crippen LogP contribution in [-0.2, 0) is 0 Å². The zero-order valence-corrected chi connectivity index (χ0v) is 16.5. The summed E-state index contributed by atoms with van der Waals surface area (Å²) in [6.45, 7) is 0. The average Bonchev–Trinajstić information content (AvgIpc) is 3.11. The number of aliphatic imine (C=N–C) groups is 1. The van der Waals surface area contributed by atoms with E-state index in [0.29, 0.717) is 5.02 Å². The van der Waals surface area contributed by atoms with Crippen LogP contribution in [0.25, 0.3) is 11.1 Å². The van der Waals surface area contributed by atoms with E-state index in [0.717, 1.165) is 28.1 Å². The van der Waals surface area contributed by atoms with Crippen molar-refractivity contribution in [3.8, 4) is 0 Å². The molecule has 1 nitrogen and oxygen atoms in total. The third-order valence-corrected chi connectivity index (χ3v) is 5.38. The van der Waals surface area contributed by atoms with E-state index >= 15 is 0 Å². The van der Waals surface area contributed by atoms with Gasteiger partial charge in [-0.2, -0.15) is 0 Å². The van der Waals surface area contributed by atoms with Gasteiger partial charge in [-0.25, -0.2) is 4.99 Å². The van der Waals surface area contributed by atoms with Crippen LogP contribution in [0.2, 0.25) is 5.02 Å². The topological polar surface area (TPSA) is 12.4 Å². The minimum atomic E-state index is 0.713. The number of hydrogen-bond acceptors (Lipinski definition) is 1. The smallest absolute Gasteiger partial charge is 0.0800 e. The molecular formula is C27H18ClN. The fraction of sp³-hybridized carbons (Fsp3) is 0. The Hall–Kier alpha value is -3.42. The predicted molar refractivity (Wildman–Crippen MR) is 123 cm³/mol. The van der Waals surface area contributed by atoms with Crippen LogP contribution in [0.1, 0.15) is 22.3 Å². The van der Waals surface area contributed by atoms with Crippen LogP contribution in [0.15, 0.2) is 114 Å². The molecule has 138 valence electrons. The molecular weight excluding hydrogens is 374 g/mol. The van der Waals surface area contributed by atoms with E-state index < -0.39 is 0 Å². The Morgan fingerprint density at radius 3 is 1.62 bits per heavy atom. The van der Waals surface area contributed by atoms with Gasteiger partial charge in [0.15, 0.2) is 0 Å². The second-order valence-electron chi connectivity index (χ2n) is 6.96. The zero-order chi connectivity index (χ0) is 19.6. The second kappa shape index (κ2) is 7.54. The first-order valence-corrected chi connectivity index (χ1v) is 9.98. The summed E-state index contributed by atoms with van der Waals surface area (Å²) in [5.41, 5.74) is 8.99. The average molecular weight is 392 g/mol. The van der Waals surface area contributed by atoms with Crippen molar-refractivity contribution in [1.82, 2.24) is 0 Å². The van der Waals surface area contributed by atoms with E-state index in [9.17, 15) is 0 Å². The van der Waals surface area contributed by atoms with Crippen LogP contribution in [-0.4, -0.2) is 5.71 Å². The fourth-order valence-corrected chi connectivity index (χ4v) is 3.97.